The van der Waals surface area contributed by atoms with Gasteiger partial charge in [-0.25, -0.2) is 0 Å². The van der Waals surface area contributed by atoms with Gasteiger partial charge in [-0.15, -0.1) is 34.0 Å². The Balaban J connectivity index is 0. The van der Waals surface area contributed by atoms with E-state index in [2.05, 4.69) is 5.32 Å². The molecule has 0 amide bonds. The topological polar surface area (TPSA) is 101 Å². The van der Waals surface area contributed by atoms with E-state index >= 15 is 0 Å². The Labute approximate surface area is 110 Å². The molecule has 0 spiro atoms. The van der Waals surface area contributed by atoms with Crippen LogP contribution in [-0.4, -0.2) is 42.2 Å². The molecule has 7 heteroatoms. The van der Waals surface area contributed by atoms with Crippen LogP contribution in [0.3, 0.4) is 0 Å². The van der Waals surface area contributed by atoms with E-state index in [0.717, 1.165) is 0 Å². The molecule has 15 heavy (non-hydrogen) atoms. The standard InChI is InChI=1S/C8H17N3O2.2BrH/c9-3-1-5(10)8(13)7-6(12)2-4-11-7;;/h5-7,11-12H,1-4,9-10H2;2*1H/t5?,6?,7-;;/m0../s1. The number of carbonyl (C=O) groups is 1. The van der Waals surface area contributed by atoms with E-state index in [1.165, 1.54) is 0 Å². The first-order valence-electron chi connectivity index (χ1n) is 4.57. The molecule has 1 aliphatic heterocycles. The molecule has 5 nitrogen and oxygen atoms in total. The molecule has 2 unspecified atom stereocenters. The maximum atomic E-state index is 11.5. The molecule has 92 valence electrons. The third-order valence-corrected chi connectivity index (χ3v) is 2.34. The van der Waals surface area contributed by atoms with Gasteiger partial charge in [-0.2, -0.15) is 0 Å². The van der Waals surface area contributed by atoms with E-state index in [1.807, 2.05) is 0 Å². The summed E-state index contributed by atoms with van der Waals surface area (Å²) in [6.07, 6.45) is 0.506. The fraction of sp³-hybridized carbons (Fsp3) is 0.875. The van der Waals surface area contributed by atoms with Crippen LogP contribution in [0.15, 0.2) is 0 Å². The lowest BCUT2D eigenvalue weighted by Gasteiger charge is -2.17. The van der Waals surface area contributed by atoms with Gasteiger partial charge < -0.3 is 21.9 Å². The van der Waals surface area contributed by atoms with Crippen molar-refractivity contribution in [2.24, 2.45) is 11.5 Å². The number of aliphatic hydroxyl groups excluding tert-OH is 1. The molecule has 0 aromatic heterocycles. The van der Waals surface area contributed by atoms with Crippen LogP contribution in [0.2, 0.25) is 0 Å². The van der Waals surface area contributed by atoms with Gasteiger partial charge in [0, 0.05) is 0 Å². The summed E-state index contributed by atoms with van der Waals surface area (Å²) in [4.78, 5) is 11.5. The summed E-state index contributed by atoms with van der Waals surface area (Å²) < 4.78 is 0. The van der Waals surface area contributed by atoms with Crippen molar-refractivity contribution in [1.29, 1.82) is 0 Å². The molecule has 0 aromatic carbocycles. The normalized spacial score (nSPS) is 26.3. The van der Waals surface area contributed by atoms with Gasteiger partial charge in [0.1, 0.15) is 0 Å². The molecule has 0 aliphatic carbocycles. The second-order valence-corrected chi connectivity index (χ2v) is 3.37. The van der Waals surface area contributed by atoms with Crippen molar-refractivity contribution in [1.82, 2.24) is 5.32 Å². The Morgan fingerprint density at radius 1 is 1.53 bits per heavy atom. The van der Waals surface area contributed by atoms with E-state index in [9.17, 15) is 9.90 Å². The number of ketones is 1. The molecule has 0 aromatic rings. The fourth-order valence-corrected chi connectivity index (χ4v) is 1.53. The van der Waals surface area contributed by atoms with Crippen LogP contribution in [0, 0.1) is 0 Å². The Morgan fingerprint density at radius 2 is 2.13 bits per heavy atom. The second-order valence-electron chi connectivity index (χ2n) is 3.37. The molecule has 1 saturated heterocycles. The second kappa shape index (κ2) is 8.60. The summed E-state index contributed by atoms with van der Waals surface area (Å²) in [6, 6.07) is -1.03. The molecule has 0 saturated carbocycles. The quantitative estimate of drug-likeness (QED) is 0.528. The SMILES string of the molecule is Br.Br.NCCC(N)C(=O)[C@H]1NCCC1O. The van der Waals surface area contributed by atoms with Crippen molar-refractivity contribution < 1.29 is 9.90 Å². The first kappa shape index (κ1) is 17.9. The number of aliphatic hydroxyl groups is 1. The third-order valence-electron chi connectivity index (χ3n) is 2.34. The van der Waals surface area contributed by atoms with Crippen molar-refractivity contribution in [3.05, 3.63) is 0 Å². The molecule has 1 aliphatic rings. The molecule has 1 fully saturated rings. The van der Waals surface area contributed by atoms with Crippen LogP contribution in [-0.2, 0) is 4.79 Å². The van der Waals surface area contributed by atoms with Crippen LogP contribution in [0.1, 0.15) is 12.8 Å². The van der Waals surface area contributed by atoms with E-state index in [1.54, 1.807) is 0 Å². The van der Waals surface area contributed by atoms with Crippen LogP contribution in [0.25, 0.3) is 0 Å². The number of Topliss-reactive ketones (excluding diaryl/α,β-unsaturated/α-hetero) is 1. The molecule has 0 bridgehead atoms. The van der Waals surface area contributed by atoms with Gasteiger partial charge in [-0.05, 0) is 25.9 Å². The van der Waals surface area contributed by atoms with E-state index in [0.29, 0.717) is 25.9 Å². The van der Waals surface area contributed by atoms with E-state index in [4.69, 9.17) is 11.5 Å². The van der Waals surface area contributed by atoms with Gasteiger partial charge in [0.25, 0.3) is 0 Å². The smallest absolute Gasteiger partial charge is 0.169 e. The predicted molar refractivity (Wildman–Crippen MR) is 69.7 cm³/mol. The number of hydrogen-bond donors (Lipinski definition) is 4. The molecule has 3 atom stereocenters. The van der Waals surface area contributed by atoms with Crippen molar-refractivity contribution in [3.8, 4) is 0 Å². The monoisotopic (exact) mass is 347 g/mol. The van der Waals surface area contributed by atoms with Gasteiger partial charge in [0.05, 0.1) is 18.2 Å². The summed E-state index contributed by atoms with van der Waals surface area (Å²) in [5, 5.41) is 12.3. The highest BCUT2D eigenvalue weighted by atomic mass is 79.9. The van der Waals surface area contributed by atoms with Crippen LogP contribution in [0.5, 0.6) is 0 Å². The number of nitrogens with one attached hydrogen (secondary N) is 1. The minimum atomic E-state index is -0.587. The predicted octanol–water partition coefficient (Wildman–Crippen LogP) is -0.890. The lowest BCUT2D eigenvalue weighted by molar-refractivity contribution is -0.124. The highest BCUT2D eigenvalue weighted by molar-refractivity contribution is 8.93. The maximum absolute atomic E-state index is 11.5. The Hall–Kier alpha value is 0.470. The average Bonchev–Trinajstić information content (AvgIpc) is 2.50. The largest absolute Gasteiger partial charge is 0.391 e. The summed E-state index contributed by atoms with van der Waals surface area (Å²) in [5.41, 5.74) is 10.9. The first-order chi connectivity index (χ1) is 6.16. The lowest BCUT2D eigenvalue weighted by Crippen LogP contribution is -2.48. The molecule has 1 heterocycles. The van der Waals surface area contributed by atoms with Gasteiger partial charge in [0.15, 0.2) is 5.78 Å². The van der Waals surface area contributed by atoms with Crippen LogP contribution >= 0.6 is 34.0 Å². The minimum Gasteiger partial charge on any atom is -0.391 e. The molecule has 0 radical (unpaired) electrons. The number of nitrogens with two attached hydrogens (primary N) is 2. The zero-order valence-corrected chi connectivity index (χ0v) is 11.8. The fourth-order valence-electron chi connectivity index (χ4n) is 1.53. The van der Waals surface area contributed by atoms with Gasteiger partial charge in [0.2, 0.25) is 0 Å². The lowest BCUT2D eigenvalue weighted by atomic mass is 10.0. The Morgan fingerprint density at radius 3 is 2.53 bits per heavy atom. The summed E-state index contributed by atoms with van der Waals surface area (Å²) in [5.74, 6) is -0.129. The molecule has 6 N–H and O–H groups in total. The summed E-state index contributed by atoms with van der Waals surface area (Å²) in [7, 11) is 0. The minimum absolute atomic E-state index is 0. The zero-order valence-electron chi connectivity index (χ0n) is 8.39. The highest BCUT2D eigenvalue weighted by Crippen LogP contribution is 2.09. The Bertz CT molecular complexity index is 195. The van der Waals surface area contributed by atoms with Crippen LogP contribution in [0.4, 0.5) is 0 Å². The number of rotatable bonds is 4. The van der Waals surface area contributed by atoms with Crippen molar-refractivity contribution in [2.45, 2.75) is 31.0 Å². The Kier molecular flexibility index (Phi) is 10.2. The van der Waals surface area contributed by atoms with E-state index < -0.39 is 18.2 Å². The number of carbonyl (C=O) groups excluding carboxylic acids is 1. The van der Waals surface area contributed by atoms with Gasteiger partial charge in [-0.1, -0.05) is 0 Å². The number of hydrogen-bond acceptors (Lipinski definition) is 5. The molecule has 1 rings (SSSR count). The van der Waals surface area contributed by atoms with Gasteiger partial charge in [-0.3, -0.25) is 4.79 Å². The zero-order chi connectivity index (χ0) is 9.84. The van der Waals surface area contributed by atoms with Crippen molar-refractivity contribution >= 4 is 39.7 Å². The molecular weight excluding hydrogens is 330 g/mol. The summed E-state index contributed by atoms with van der Waals surface area (Å²) in [6.45, 7) is 1.07. The first-order valence-corrected chi connectivity index (χ1v) is 4.57. The summed E-state index contributed by atoms with van der Waals surface area (Å²) >= 11 is 0. The van der Waals surface area contributed by atoms with Crippen molar-refractivity contribution in [2.75, 3.05) is 13.1 Å². The van der Waals surface area contributed by atoms with E-state index in [-0.39, 0.29) is 39.7 Å². The maximum Gasteiger partial charge on any atom is 0.169 e. The average molecular weight is 349 g/mol. The third kappa shape index (κ3) is 4.88. The molecular formula is C8H19Br2N3O2. The highest BCUT2D eigenvalue weighted by Gasteiger charge is 2.33. The van der Waals surface area contributed by atoms with Gasteiger partial charge >= 0.3 is 0 Å². The number of halogens is 2. The van der Waals surface area contributed by atoms with Crippen molar-refractivity contribution in [3.63, 3.8) is 0 Å². The van der Waals surface area contributed by atoms with Crippen LogP contribution < -0.4 is 16.8 Å².